The molecule has 1 atom stereocenters. The largest absolute Gasteiger partial charge is 0.344 e. The molecular formula is C11H17F2N3O2. The van der Waals surface area contributed by atoms with Gasteiger partial charge in [0.05, 0.1) is 6.54 Å². The number of carbonyl (C=O) groups excluding carboxylic acids is 2. The first-order valence-electron chi connectivity index (χ1n) is 6.15. The van der Waals surface area contributed by atoms with Crippen LogP contribution in [-0.4, -0.2) is 54.9 Å². The number of hydrogen-bond donors (Lipinski definition) is 2. The average Bonchev–Trinajstić information content (AvgIpc) is 2.67. The predicted molar refractivity (Wildman–Crippen MR) is 60.2 cm³/mol. The Morgan fingerprint density at radius 1 is 1.56 bits per heavy atom. The summed E-state index contributed by atoms with van der Waals surface area (Å²) in [6, 6.07) is -1.18. The van der Waals surface area contributed by atoms with Gasteiger partial charge in [-0.3, -0.25) is 9.59 Å². The molecule has 0 spiro atoms. The van der Waals surface area contributed by atoms with Crippen molar-refractivity contribution in [3.63, 3.8) is 0 Å². The van der Waals surface area contributed by atoms with Gasteiger partial charge in [0.15, 0.2) is 0 Å². The minimum atomic E-state index is -2.88. The van der Waals surface area contributed by atoms with Gasteiger partial charge in [-0.15, -0.1) is 0 Å². The van der Waals surface area contributed by atoms with Crippen LogP contribution in [0.25, 0.3) is 0 Å². The van der Waals surface area contributed by atoms with Crippen LogP contribution < -0.4 is 10.6 Å². The number of amides is 2. The molecule has 2 amide bonds. The van der Waals surface area contributed by atoms with Crippen molar-refractivity contribution in [2.45, 2.75) is 31.2 Å². The Balaban J connectivity index is 1.85. The standard InChI is InChI=1S/C11H17F2N3O2/c12-11(13)3-4-14-6-8(11)15-9(17)7-16-5-1-2-10(16)18/h8,14H,1-7H2,(H,15,17). The molecule has 102 valence electrons. The molecule has 5 nitrogen and oxygen atoms in total. The van der Waals surface area contributed by atoms with E-state index < -0.39 is 17.9 Å². The van der Waals surface area contributed by atoms with E-state index in [1.807, 2.05) is 0 Å². The normalized spacial score (nSPS) is 27.3. The highest BCUT2D eigenvalue weighted by molar-refractivity contribution is 5.86. The molecule has 0 aromatic carbocycles. The topological polar surface area (TPSA) is 61.4 Å². The van der Waals surface area contributed by atoms with Gasteiger partial charge in [-0.1, -0.05) is 0 Å². The Morgan fingerprint density at radius 2 is 2.33 bits per heavy atom. The molecule has 2 aliphatic heterocycles. The maximum absolute atomic E-state index is 13.5. The number of carbonyl (C=O) groups is 2. The number of nitrogens with zero attached hydrogens (tertiary/aromatic N) is 1. The SMILES string of the molecule is O=C(CN1CCCC1=O)NC1CNCCC1(F)F. The van der Waals surface area contributed by atoms with Crippen LogP contribution in [0.3, 0.4) is 0 Å². The van der Waals surface area contributed by atoms with E-state index in [1.54, 1.807) is 0 Å². The Kier molecular flexibility index (Phi) is 3.79. The van der Waals surface area contributed by atoms with Crippen molar-refractivity contribution < 1.29 is 18.4 Å². The third-order valence-electron chi connectivity index (χ3n) is 3.33. The molecule has 2 rings (SSSR count). The van der Waals surface area contributed by atoms with E-state index in [1.165, 1.54) is 4.90 Å². The summed E-state index contributed by atoms with van der Waals surface area (Å²) in [5, 5.41) is 5.13. The highest BCUT2D eigenvalue weighted by Gasteiger charge is 2.42. The first-order valence-corrected chi connectivity index (χ1v) is 6.15. The Bertz CT molecular complexity index is 349. The molecule has 7 heteroatoms. The summed E-state index contributed by atoms with van der Waals surface area (Å²) in [6.45, 7) is 0.730. The molecule has 1 unspecified atom stereocenters. The fraction of sp³-hybridized carbons (Fsp3) is 0.818. The van der Waals surface area contributed by atoms with Gasteiger partial charge in [0.25, 0.3) is 5.92 Å². The average molecular weight is 261 g/mol. The van der Waals surface area contributed by atoms with Crippen LogP contribution in [0.1, 0.15) is 19.3 Å². The quantitative estimate of drug-likeness (QED) is 0.734. The number of piperidine rings is 1. The monoisotopic (exact) mass is 261 g/mol. The summed E-state index contributed by atoms with van der Waals surface area (Å²) in [5.41, 5.74) is 0. The highest BCUT2D eigenvalue weighted by Crippen LogP contribution is 2.25. The Morgan fingerprint density at radius 3 is 2.94 bits per heavy atom. The van der Waals surface area contributed by atoms with Crippen molar-refractivity contribution in [1.29, 1.82) is 0 Å². The van der Waals surface area contributed by atoms with Crippen molar-refractivity contribution in [3.8, 4) is 0 Å². The van der Waals surface area contributed by atoms with Gasteiger partial charge in [-0.05, 0) is 6.42 Å². The lowest BCUT2D eigenvalue weighted by Gasteiger charge is -2.32. The number of alkyl halides is 2. The van der Waals surface area contributed by atoms with Crippen LogP contribution in [-0.2, 0) is 9.59 Å². The number of likely N-dealkylation sites (tertiary alicyclic amines) is 1. The van der Waals surface area contributed by atoms with Crippen LogP contribution >= 0.6 is 0 Å². The first-order chi connectivity index (χ1) is 8.49. The number of halogens is 2. The number of rotatable bonds is 3. The molecule has 2 saturated heterocycles. The molecule has 0 aliphatic carbocycles. The van der Waals surface area contributed by atoms with Gasteiger partial charge in [0.1, 0.15) is 6.04 Å². The second-order valence-electron chi connectivity index (χ2n) is 4.75. The maximum atomic E-state index is 13.5. The lowest BCUT2D eigenvalue weighted by atomic mass is 10.0. The molecule has 0 saturated carbocycles. The van der Waals surface area contributed by atoms with Crippen LogP contribution in [0.2, 0.25) is 0 Å². The molecule has 2 N–H and O–H groups in total. The van der Waals surface area contributed by atoms with Crippen LogP contribution in [0.5, 0.6) is 0 Å². The fourth-order valence-corrected chi connectivity index (χ4v) is 2.27. The third kappa shape index (κ3) is 2.95. The third-order valence-corrected chi connectivity index (χ3v) is 3.33. The lowest BCUT2D eigenvalue weighted by molar-refractivity contribution is -0.135. The summed E-state index contributed by atoms with van der Waals surface area (Å²) >= 11 is 0. The lowest BCUT2D eigenvalue weighted by Crippen LogP contribution is -2.58. The summed E-state index contributed by atoms with van der Waals surface area (Å²) in [5.74, 6) is -3.48. The summed E-state index contributed by atoms with van der Waals surface area (Å²) in [7, 11) is 0. The minimum Gasteiger partial charge on any atom is -0.344 e. The van der Waals surface area contributed by atoms with Crippen molar-refractivity contribution in [3.05, 3.63) is 0 Å². The zero-order valence-electron chi connectivity index (χ0n) is 10.0. The van der Waals surface area contributed by atoms with E-state index in [9.17, 15) is 18.4 Å². The van der Waals surface area contributed by atoms with Gasteiger partial charge in [0.2, 0.25) is 11.8 Å². The number of nitrogens with one attached hydrogen (secondary N) is 2. The van der Waals surface area contributed by atoms with Gasteiger partial charge < -0.3 is 15.5 Å². The second-order valence-corrected chi connectivity index (χ2v) is 4.75. The predicted octanol–water partition coefficient (Wildman–Crippen LogP) is -0.278. The van der Waals surface area contributed by atoms with Crippen LogP contribution in [0.15, 0.2) is 0 Å². The Hall–Kier alpha value is -1.24. The van der Waals surface area contributed by atoms with Gasteiger partial charge >= 0.3 is 0 Å². The van der Waals surface area contributed by atoms with Crippen molar-refractivity contribution in [2.24, 2.45) is 0 Å². The molecule has 2 fully saturated rings. The molecule has 0 radical (unpaired) electrons. The minimum absolute atomic E-state index is 0.0622. The second kappa shape index (κ2) is 5.17. The zero-order valence-corrected chi connectivity index (χ0v) is 10.0. The maximum Gasteiger partial charge on any atom is 0.270 e. The summed E-state index contributed by atoms with van der Waals surface area (Å²) < 4.78 is 27.0. The molecule has 2 aliphatic rings. The zero-order chi connectivity index (χ0) is 13.2. The van der Waals surface area contributed by atoms with Crippen LogP contribution in [0, 0.1) is 0 Å². The molecule has 2 heterocycles. The van der Waals surface area contributed by atoms with E-state index in [0.29, 0.717) is 13.0 Å². The molecule has 0 aromatic heterocycles. The van der Waals surface area contributed by atoms with Crippen molar-refractivity contribution >= 4 is 11.8 Å². The molecule has 0 aromatic rings. The van der Waals surface area contributed by atoms with E-state index in [4.69, 9.17) is 0 Å². The van der Waals surface area contributed by atoms with Gasteiger partial charge in [-0.25, -0.2) is 8.78 Å². The number of hydrogen-bond acceptors (Lipinski definition) is 3. The molecular weight excluding hydrogens is 244 g/mol. The van der Waals surface area contributed by atoms with Gasteiger partial charge in [-0.2, -0.15) is 0 Å². The van der Waals surface area contributed by atoms with Crippen molar-refractivity contribution in [1.82, 2.24) is 15.5 Å². The van der Waals surface area contributed by atoms with E-state index >= 15 is 0 Å². The smallest absolute Gasteiger partial charge is 0.270 e. The van der Waals surface area contributed by atoms with E-state index in [-0.39, 0.29) is 32.0 Å². The van der Waals surface area contributed by atoms with Crippen LogP contribution in [0.4, 0.5) is 8.78 Å². The highest BCUT2D eigenvalue weighted by atomic mass is 19.3. The summed E-state index contributed by atoms with van der Waals surface area (Å²) in [4.78, 5) is 24.4. The summed E-state index contributed by atoms with van der Waals surface area (Å²) in [6.07, 6.45) is 0.891. The van der Waals surface area contributed by atoms with E-state index in [2.05, 4.69) is 10.6 Å². The fourth-order valence-electron chi connectivity index (χ4n) is 2.27. The first kappa shape index (κ1) is 13.2. The molecule has 18 heavy (non-hydrogen) atoms. The Labute approximate surface area is 104 Å². The van der Waals surface area contributed by atoms with Gasteiger partial charge in [0, 0.05) is 32.5 Å². The van der Waals surface area contributed by atoms with Crippen molar-refractivity contribution in [2.75, 3.05) is 26.2 Å². The molecule has 0 bridgehead atoms. The van der Waals surface area contributed by atoms with E-state index in [0.717, 1.165) is 6.42 Å².